The lowest BCUT2D eigenvalue weighted by molar-refractivity contribution is -0.117. The Bertz CT molecular complexity index is 485. The Morgan fingerprint density at radius 2 is 2.33 bits per heavy atom. The van der Waals surface area contributed by atoms with E-state index in [0.29, 0.717) is 23.6 Å². The lowest BCUT2D eigenvalue weighted by Crippen LogP contribution is -2.29. The van der Waals surface area contributed by atoms with Gasteiger partial charge in [-0.25, -0.2) is 0 Å². The van der Waals surface area contributed by atoms with Crippen LogP contribution in [0.2, 0.25) is 5.02 Å². The summed E-state index contributed by atoms with van der Waals surface area (Å²) in [5.41, 5.74) is 1.36. The Labute approximate surface area is 110 Å². The van der Waals surface area contributed by atoms with Crippen molar-refractivity contribution in [1.82, 2.24) is 5.32 Å². The molecule has 1 heterocycles. The van der Waals surface area contributed by atoms with Gasteiger partial charge in [0.05, 0.1) is 5.57 Å². The van der Waals surface area contributed by atoms with E-state index in [2.05, 4.69) is 5.32 Å². The molecule has 0 saturated heterocycles. The number of carbonyl (C=O) groups is 1. The highest BCUT2D eigenvalue weighted by Crippen LogP contribution is 2.28. The molecule has 2 rings (SSSR count). The molecule has 0 aromatic heterocycles. The van der Waals surface area contributed by atoms with Crippen molar-refractivity contribution in [3.05, 3.63) is 34.4 Å². The number of hydrogen-bond acceptors (Lipinski definition) is 3. The summed E-state index contributed by atoms with van der Waals surface area (Å²) in [6.45, 7) is 0.767. The molecule has 5 heteroatoms. The Morgan fingerprint density at radius 1 is 1.50 bits per heavy atom. The third-order valence-electron chi connectivity index (χ3n) is 2.60. The maximum atomic E-state index is 11.8. The third-order valence-corrected chi connectivity index (χ3v) is 2.83. The molecule has 96 valence electrons. The number of carbonyl (C=O) groups excluding carboxylic acids is 1. The van der Waals surface area contributed by atoms with Crippen molar-refractivity contribution < 1.29 is 14.6 Å². The van der Waals surface area contributed by atoms with Crippen molar-refractivity contribution in [2.24, 2.45) is 0 Å². The molecule has 0 radical (unpaired) electrons. The fraction of sp³-hybridized carbons (Fsp3) is 0.308. The van der Waals surface area contributed by atoms with Gasteiger partial charge < -0.3 is 15.2 Å². The van der Waals surface area contributed by atoms with Gasteiger partial charge in [0.25, 0.3) is 5.91 Å². The fourth-order valence-corrected chi connectivity index (χ4v) is 1.85. The van der Waals surface area contributed by atoms with E-state index < -0.39 is 0 Å². The standard InChI is InChI=1S/C13H14ClNO3/c14-11-2-3-12-9(7-11)6-10(8-18-12)13(17)15-4-1-5-16/h2-3,6-7,16H,1,4-5,8H2,(H,15,17). The van der Waals surface area contributed by atoms with Crippen LogP contribution in [0, 0.1) is 0 Å². The molecule has 1 amide bonds. The Hall–Kier alpha value is -1.52. The lowest BCUT2D eigenvalue weighted by Gasteiger charge is -2.17. The molecule has 2 N–H and O–H groups in total. The maximum absolute atomic E-state index is 11.8. The van der Waals surface area contributed by atoms with Gasteiger partial charge in [0.15, 0.2) is 0 Å². The van der Waals surface area contributed by atoms with Crippen LogP contribution in [0.15, 0.2) is 23.8 Å². The summed E-state index contributed by atoms with van der Waals surface area (Å²) >= 11 is 5.89. The molecule has 0 atom stereocenters. The molecule has 0 saturated carbocycles. The molecule has 18 heavy (non-hydrogen) atoms. The van der Waals surface area contributed by atoms with Crippen molar-refractivity contribution in [2.75, 3.05) is 19.8 Å². The summed E-state index contributed by atoms with van der Waals surface area (Å²) < 4.78 is 5.48. The summed E-state index contributed by atoms with van der Waals surface area (Å²) in [6, 6.07) is 5.30. The van der Waals surface area contributed by atoms with Gasteiger partial charge in [-0.05, 0) is 30.7 Å². The van der Waals surface area contributed by atoms with Gasteiger partial charge in [0.2, 0.25) is 0 Å². The zero-order valence-electron chi connectivity index (χ0n) is 9.78. The van der Waals surface area contributed by atoms with Crippen LogP contribution in [0.4, 0.5) is 0 Å². The molecule has 0 spiro atoms. The van der Waals surface area contributed by atoms with Crippen LogP contribution in [0.3, 0.4) is 0 Å². The molecule has 0 fully saturated rings. The van der Waals surface area contributed by atoms with Crippen LogP contribution in [0.25, 0.3) is 6.08 Å². The molecule has 1 aliphatic heterocycles. The second kappa shape index (κ2) is 5.89. The Kier molecular flexibility index (Phi) is 4.23. The number of halogens is 1. The zero-order chi connectivity index (χ0) is 13.0. The van der Waals surface area contributed by atoms with Gasteiger partial charge in [-0.3, -0.25) is 4.79 Å². The number of hydrogen-bond donors (Lipinski definition) is 2. The minimum absolute atomic E-state index is 0.0638. The number of rotatable bonds is 4. The summed E-state index contributed by atoms with van der Waals surface area (Å²) in [5.74, 6) is 0.556. The van der Waals surface area contributed by atoms with E-state index in [0.717, 1.165) is 11.3 Å². The normalized spacial score (nSPS) is 13.3. The Balaban J connectivity index is 2.09. The molecule has 1 aliphatic rings. The van der Waals surface area contributed by atoms with E-state index in [1.54, 1.807) is 24.3 Å². The second-order valence-electron chi connectivity index (χ2n) is 3.97. The number of ether oxygens (including phenoxy) is 1. The van der Waals surface area contributed by atoms with E-state index in [-0.39, 0.29) is 19.1 Å². The van der Waals surface area contributed by atoms with Gasteiger partial charge in [-0.2, -0.15) is 0 Å². The van der Waals surface area contributed by atoms with Crippen LogP contribution in [0.1, 0.15) is 12.0 Å². The average molecular weight is 268 g/mol. The van der Waals surface area contributed by atoms with Crippen molar-refractivity contribution in [2.45, 2.75) is 6.42 Å². The van der Waals surface area contributed by atoms with E-state index in [1.807, 2.05) is 0 Å². The topological polar surface area (TPSA) is 58.6 Å². The SMILES string of the molecule is O=C(NCCCO)C1=Cc2cc(Cl)ccc2OC1. The molecule has 4 nitrogen and oxygen atoms in total. The average Bonchev–Trinajstić information content (AvgIpc) is 2.38. The first-order valence-electron chi connectivity index (χ1n) is 5.72. The Morgan fingerprint density at radius 3 is 3.11 bits per heavy atom. The molecular formula is C13H14ClNO3. The van der Waals surface area contributed by atoms with Crippen molar-refractivity contribution in [3.8, 4) is 5.75 Å². The van der Waals surface area contributed by atoms with Gasteiger partial charge in [-0.1, -0.05) is 11.6 Å². The van der Waals surface area contributed by atoms with Gasteiger partial charge in [-0.15, -0.1) is 0 Å². The van der Waals surface area contributed by atoms with Gasteiger partial charge in [0.1, 0.15) is 12.4 Å². The predicted molar refractivity (Wildman–Crippen MR) is 69.6 cm³/mol. The number of fused-ring (bicyclic) bond motifs is 1. The highest BCUT2D eigenvalue weighted by molar-refractivity contribution is 6.30. The summed E-state index contributed by atoms with van der Waals surface area (Å²) in [6.07, 6.45) is 2.32. The number of amides is 1. The molecule has 0 unspecified atom stereocenters. The van der Waals surface area contributed by atoms with Gasteiger partial charge >= 0.3 is 0 Å². The highest BCUT2D eigenvalue weighted by atomic mass is 35.5. The lowest BCUT2D eigenvalue weighted by atomic mass is 10.1. The maximum Gasteiger partial charge on any atom is 0.250 e. The monoisotopic (exact) mass is 267 g/mol. The third kappa shape index (κ3) is 3.03. The van der Waals surface area contributed by atoms with E-state index in [4.69, 9.17) is 21.4 Å². The van der Waals surface area contributed by atoms with Crippen molar-refractivity contribution in [1.29, 1.82) is 0 Å². The quantitative estimate of drug-likeness (QED) is 0.815. The first-order chi connectivity index (χ1) is 8.70. The van der Waals surface area contributed by atoms with E-state index in [9.17, 15) is 4.79 Å². The fourth-order valence-electron chi connectivity index (χ4n) is 1.67. The number of aliphatic hydroxyl groups excluding tert-OH is 1. The predicted octanol–water partition coefficient (Wildman–Crippen LogP) is 1.61. The first-order valence-corrected chi connectivity index (χ1v) is 6.10. The molecule has 0 aliphatic carbocycles. The molecular weight excluding hydrogens is 254 g/mol. The summed E-state index contributed by atoms with van der Waals surface area (Å²) in [7, 11) is 0. The summed E-state index contributed by atoms with van der Waals surface area (Å²) in [4.78, 5) is 11.8. The minimum Gasteiger partial charge on any atom is -0.488 e. The van der Waals surface area contributed by atoms with Gasteiger partial charge in [0, 0.05) is 23.7 Å². The van der Waals surface area contributed by atoms with Crippen LogP contribution in [-0.4, -0.2) is 30.8 Å². The van der Waals surface area contributed by atoms with Crippen LogP contribution in [0.5, 0.6) is 5.75 Å². The molecule has 0 bridgehead atoms. The molecule has 1 aromatic carbocycles. The van der Waals surface area contributed by atoms with E-state index >= 15 is 0 Å². The van der Waals surface area contributed by atoms with Crippen molar-refractivity contribution >= 4 is 23.6 Å². The summed E-state index contributed by atoms with van der Waals surface area (Å²) in [5, 5.41) is 12.0. The van der Waals surface area contributed by atoms with E-state index in [1.165, 1.54) is 0 Å². The first kappa shape index (κ1) is 12.9. The van der Waals surface area contributed by atoms with Crippen molar-refractivity contribution in [3.63, 3.8) is 0 Å². The van der Waals surface area contributed by atoms with Crippen LogP contribution >= 0.6 is 11.6 Å². The molecule has 1 aromatic rings. The zero-order valence-corrected chi connectivity index (χ0v) is 10.5. The number of benzene rings is 1. The highest BCUT2D eigenvalue weighted by Gasteiger charge is 2.16. The minimum atomic E-state index is -0.172. The largest absolute Gasteiger partial charge is 0.488 e. The number of aliphatic hydroxyl groups is 1. The van der Waals surface area contributed by atoms with Crippen LogP contribution in [-0.2, 0) is 4.79 Å². The second-order valence-corrected chi connectivity index (χ2v) is 4.41. The van der Waals surface area contributed by atoms with Crippen LogP contribution < -0.4 is 10.1 Å². The smallest absolute Gasteiger partial charge is 0.250 e. The number of nitrogens with one attached hydrogen (secondary N) is 1.